The Balaban J connectivity index is 0. The van der Waals surface area contributed by atoms with Crippen LogP contribution >= 0.6 is 0 Å². The van der Waals surface area contributed by atoms with E-state index in [9.17, 15) is 25.3 Å². The maximum atomic E-state index is 12.1. The Hall–Kier alpha value is -0.322. The number of aliphatic hydroxyl groups is 1. The van der Waals surface area contributed by atoms with Crippen molar-refractivity contribution in [2.75, 3.05) is 12.9 Å². The minimum atomic E-state index is -3.17. The first-order valence-corrected chi connectivity index (χ1v) is 15.4. The molecule has 38 heavy (non-hydrogen) atoms. The minimum absolute atomic E-state index is 0. The van der Waals surface area contributed by atoms with Crippen molar-refractivity contribution in [2.24, 2.45) is 5.92 Å². The van der Waals surface area contributed by atoms with Crippen LogP contribution in [0.2, 0.25) is 0 Å². The molecule has 0 bridgehead atoms. The van der Waals surface area contributed by atoms with Gasteiger partial charge in [0.2, 0.25) is 0 Å². The van der Waals surface area contributed by atoms with E-state index in [0.29, 0.717) is 14.7 Å². The average molecular weight is 731 g/mol. The van der Waals surface area contributed by atoms with Crippen molar-refractivity contribution in [1.82, 2.24) is 0 Å². The van der Waals surface area contributed by atoms with Crippen LogP contribution in [-0.2, 0) is 104 Å². The number of rotatable bonds is 4. The van der Waals surface area contributed by atoms with Gasteiger partial charge in [-0.2, -0.15) is 5.92 Å². The fraction of sp³-hybridized carbons (Fsp3) is 0.269. The largest absolute Gasteiger partial charge is 0.420 e. The summed E-state index contributed by atoms with van der Waals surface area (Å²) in [7, 11) is -8.25. The number of hydrogen-bond acceptors (Lipinski definition) is 8. The van der Waals surface area contributed by atoms with Crippen LogP contribution in [0.4, 0.5) is 0 Å². The quantitative estimate of drug-likeness (QED) is 0.310. The Morgan fingerprint density at radius 1 is 0.789 bits per heavy atom. The smallest absolute Gasteiger partial charge is 0.175 e. The molecular formula is C26H32O7S3Y2-2. The monoisotopic (exact) mass is 730 g/mol. The van der Waals surface area contributed by atoms with Gasteiger partial charge in [-0.1, -0.05) is 90.2 Å². The molecule has 0 aromatic heterocycles. The standard InChI is InChI=1S/C11H13O2S.C7H8O2S.C6H5O2S.C2H6O.2Y/c1-9-8-11(9,2)14(12,13)10-6-4-3-5-7-10;1-10(8,9)7-5-3-2-4-6-7;7-9(8)6-4-2-1-3-5-6;1-2-3;;/h3-9H,1-2H3;2-6H,1H3;1-5H;3H,2H2,1H3;;/q-1;;-1;;;/t9?,11-;;;;;/m1...../s1. The van der Waals surface area contributed by atoms with Crippen LogP contribution in [0.1, 0.15) is 20.8 Å². The summed E-state index contributed by atoms with van der Waals surface area (Å²) in [5.41, 5.74) is 0. The van der Waals surface area contributed by atoms with Gasteiger partial charge in [-0.25, -0.2) is 16.8 Å². The molecule has 1 fully saturated rings. The van der Waals surface area contributed by atoms with Crippen molar-refractivity contribution in [1.29, 1.82) is 0 Å². The molecule has 4 rings (SSSR count). The van der Waals surface area contributed by atoms with Crippen LogP contribution in [-0.4, -0.2) is 39.6 Å². The fourth-order valence-corrected chi connectivity index (χ4v) is 5.76. The summed E-state index contributed by atoms with van der Waals surface area (Å²) in [4.78, 5) is 1.12. The second kappa shape index (κ2) is 18.9. The van der Waals surface area contributed by atoms with E-state index in [0.717, 1.165) is 0 Å². The molecule has 1 aliphatic rings. The molecule has 0 heterocycles. The first-order valence-electron chi connectivity index (χ1n) is 11.0. The van der Waals surface area contributed by atoms with E-state index >= 15 is 0 Å². The normalized spacial score (nSPS) is 17.4. The molecule has 2 atom stereocenters. The third-order valence-electron chi connectivity index (χ3n) is 5.12. The van der Waals surface area contributed by atoms with Gasteiger partial charge in [0.15, 0.2) is 19.7 Å². The molecule has 12 heteroatoms. The van der Waals surface area contributed by atoms with Gasteiger partial charge in [0.25, 0.3) is 0 Å². The second-order valence-electron chi connectivity index (χ2n) is 7.90. The van der Waals surface area contributed by atoms with Gasteiger partial charge >= 0.3 is 0 Å². The van der Waals surface area contributed by atoms with Gasteiger partial charge in [0, 0.05) is 78.3 Å². The van der Waals surface area contributed by atoms with Crippen molar-refractivity contribution in [3.05, 3.63) is 97.4 Å². The van der Waals surface area contributed by atoms with Crippen molar-refractivity contribution < 1.29 is 95.8 Å². The summed E-state index contributed by atoms with van der Waals surface area (Å²) in [6.07, 6.45) is 3.07. The zero-order chi connectivity index (χ0) is 27.4. The van der Waals surface area contributed by atoms with Crippen LogP contribution in [0, 0.1) is 12.3 Å². The summed E-state index contributed by atoms with van der Waals surface area (Å²) in [6.45, 7) is 5.64. The van der Waals surface area contributed by atoms with Crippen molar-refractivity contribution in [3.8, 4) is 0 Å². The van der Waals surface area contributed by atoms with E-state index in [2.05, 4.69) is 0 Å². The molecule has 2 radical (unpaired) electrons. The Morgan fingerprint density at radius 3 is 1.34 bits per heavy atom. The fourth-order valence-electron chi connectivity index (χ4n) is 2.84. The zero-order valence-corrected chi connectivity index (χ0v) is 29.9. The molecule has 3 aromatic carbocycles. The Bertz CT molecular complexity index is 1340. The molecule has 0 saturated heterocycles. The molecule has 3 aromatic rings. The van der Waals surface area contributed by atoms with E-state index in [4.69, 9.17) is 5.11 Å². The predicted octanol–water partition coefficient (Wildman–Crippen LogP) is 4.51. The Morgan fingerprint density at radius 2 is 1.11 bits per heavy atom. The van der Waals surface area contributed by atoms with Gasteiger partial charge in [-0.05, 0) is 41.9 Å². The molecular weight excluding hydrogens is 698 g/mol. The van der Waals surface area contributed by atoms with Gasteiger partial charge < -0.3 is 19.9 Å². The van der Waals surface area contributed by atoms with E-state index < -0.39 is 35.1 Å². The van der Waals surface area contributed by atoms with Gasteiger partial charge in [0.1, 0.15) is 0 Å². The average Bonchev–Trinajstić information content (AvgIpc) is 3.49. The second-order valence-corrected chi connectivity index (χ2v) is 13.2. The van der Waals surface area contributed by atoms with Crippen LogP contribution in [0.15, 0.2) is 106 Å². The first-order chi connectivity index (χ1) is 16.8. The van der Waals surface area contributed by atoms with Crippen molar-refractivity contribution in [3.63, 3.8) is 0 Å². The van der Waals surface area contributed by atoms with Gasteiger partial charge in [-0.3, -0.25) is 0 Å². The van der Waals surface area contributed by atoms with Crippen LogP contribution in [0.5, 0.6) is 0 Å². The maximum absolute atomic E-state index is 12.1. The third kappa shape index (κ3) is 12.9. The van der Waals surface area contributed by atoms with E-state index in [-0.39, 0.29) is 77.9 Å². The molecule has 0 amide bonds. The molecule has 7 nitrogen and oxygen atoms in total. The van der Waals surface area contributed by atoms with E-state index in [1.807, 2.05) is 19.4 Å². The van der Waals surface area contributed by atoms with Crippen LogP contribution < -0.4 is 0 Å². The molecule has 1 unspecified atom stereocenters. The van der Waals surface area contributed by atoms with Gasteiger partial charge in [-0.15, -0.1) is 0 Å². The Kier molecular flexibility index (Phi) is 19.8. The SMILES string of the molecule is CC1[CH-][C@@]1(C)S(=O)(=O)c1ccccc1.CCO.CS(=O)(=O)c1ccccc1.O=[S-](=O)c1ccccc1.[Y].[Y]. The molecule has 204 valence electrons. The minimum Gasteiger partial charge on any atom is -0.420 e. The van der Waals surface area contributed by atoms with Crippen molar-refractivity contribution in [2.45, 2.75) is 40.2 Å². The molecule has 0 spiro atoms. The first kappa shape index (κ1) is 39.8. The summed E-state index contributed by atoms with van der Waals surface area (Å²) in [5.74, 6) is 0.160. The van der Waals surface area contributed by atoms with Crippen molar-refractivity contribution >= 4 is 30.4 Å². The zero-order valence-electron chi connectivity index (χ0n) is 21.8. The summed E-state index contributed by atoms with van der Waals surface area (Å²) < 4.78 is 65.6. The summed E-state index contributed by atoms with van der Waals surface area (Å²) in [5, 5.41) is 7.57. The molecule has 1 aliphatic carbocycles. The summed E-state index contributed by atoms with van der Waals surface area (Å²) >= 11 is 0. The van der Waals surface area contributed by atoms with E-state index in [1.54, 1.807) is 98.8 Å². The molecule has 1 saturated carbocycles. The number of sulfone groups is 2. The van der Waals surface area contributed by atoms with E-state index in [1.165, 1.54) is 6.26 Å². The number of hydrogen-bond donors (Lipinski definition) is 1. The Labute approximate surface area is 279 Å². The maximum Gasteiger partial charge on any atom is 0.175 e. The summed E-state index contributed by atoms with van der Waals surface area (Å²) in [6, 6.07) is 25.2. The third-order valence-corrected chi connectivity index (χ3v) is 9.46. The molecule has 1 N–H and O–H groups in total. The number of benzene rings is 3. The topological polar surface area (TPSA) is 123 Å². The van der Waals surface area contributed by atoms with Gasteiger partial charge in [0.05, 0.1) is 9.79 Å². The van der Waals surface area contributed by atoms with Crippen LogP contribution in [0.25, 0.3) is 0 Å². The predicted molar refractivity (Wildman–Crippen MR) is 141 cm³/mol. The van der Waals surface area contributed by atoms with Crippen LogP contribution in [0.3, 0.4) is 0 Å². The molecule has 0 aliphatic heterocycles. The number of aliphatic hydroxyl groups excluding tert-OH is 1.